The highest BCUT2D eigenvalue weighted by Crippen LogP contribution is 2.51. The van der Waals surface area contributed by atoms with Crippen molar-refractivity contribution in [1.82, 2.24) is 34.0 Å². The molecule has 5 heterocycles. The summed E-state index contributed by atoms with van der Waals surface area (Å²) in [4.78, 5) is 14.0. The first kappa shape index (κ1) is 27.5. The Bertz CT molecular complexity index is 1620. The highest BCUT2D eigenvalue weighted by Gasteiger charge is 2.52. The van der Waals surface area contributed by atoms with Gasteiger partial charge in [-0.2, -0.15) is 4.98 Å². The number of rotatable bonds is 6. The van der Waals surface area contributed by atoms with Crippen molar-refractivity contribution in [3.63, 3.8) is 0 Å². The van der Waals surface area contributed by atoms with Gasteiger partial charge in [-0.1, -0.05) is 0 Å². The van der Waals surface area contributed by atoms with E-state index in [1.54, 1.807) is 6.33 Å². The SMILES string of the molecule is Cc1nc2c(N3C[C@@H](C)N(C(c4cc(F)ccc4F)C4CC(F)(F)C4)C[C@@H]3C)nc3nncn3c2n1CC1CCCO1. The first-order chi connectivity index (χ1) is 20.1. The number of anilines is 1. The second-order valence-electron chi connectivity index (χ2n) is 12.2. The maximum Gasteiger partial charge on any atom is 0.258 e. The molecule has 0 radical (unpaired) electrons. The van der Waals surface area contributed by atoms with Crippen LogP contribution in [0.25, 0.3) is 16.9 Å². The number of alkyl halides is 2. The Morgan fingerprint density at radius 3 is 2.64 bits per heavy atom. The predicted molar refractivity (Wildman–Crippen MR) is 148 cm³/mol. The van der Waals surface area contributed by atoms with E-state index in [1.807, 2.05) is 25.2 Å². The van der Waals surface area contributed by atoms with Gasteiger partial charge in [0.1, 0.15) is 29.3 Å². The molecule has 1 saturated carbocycles. The lowest BCUT2D eigenvalue weighted by atomic mass is 9.73. The number of nitrogens with zero attached hydrogens (tertiary/aromatic N) is 8. The van der Waals surface area contributed by atoms with E-state index in [2.05, 4.69) is 24.6 Å². The predicted octanol–water partition coefficient (Wildman–Crippen LogP) is 4.93. The molecule has 3 aromatic heterocycles. The second-order valence-corrected chi connectivity index (χ2v) is 12.2. The summed E-state index contributed by atoms with van der Waals surface area (Å²) >= 11 is 0. The molecule has 9 nitrogen and oxygen atoms in total. The molecular formula is C29H34F4N8O. The molecule has 4 atom stereocenters. The number of aromatic nitrogens is 6. The van der Waals surface area contributed by atoms with Crippen LogP contribution in [0, 0.1) is 24.5 Å². The van der Waals surface area contributed by atoms with Crippen molar-refractivity contribution < 1.29 is 22.3 Å². The number of fused-ring (bicyclic) bond motifs is 3. The molecule has 224 valence electrons. The second kappa shape index (κ2) is 10.1. The van der Waals surface area contributed by atoms with E-state index in [0.717, 1.165) is 54.6 Å². The fraction of sp³-hybridized carbons (Fsp3) is 0.586. The summed E-state index contributed by atoms with van der Waals surface area (Å²) in [6, 6.07) is 2.33. The number of halogens is 4. The van der Waals surface area contributed by atoms with Crippen molar-refractivity contribution in [2.75, 3.05) is 24.6 Å². The van der Waals surface area contributed by atoms with Gasteiger partial charge in [0.05, 0.1) is 12.6 Å². The smallest absolute Gasteiger partial charge is 0.258 e. The van der Waals surface area contributed by atoms with Crippen LogP contribution in [0.4, 0.5) is 23.4 Å². The van der Waals surface area contributed by atoms with Crippen molar-refractivity contribution in [3.8, 4) is 0 Å². The van der Waals surface area contributed by atoms with Gasteiger partial charge in [0.15, 0.2) is 11.5 Å². The first-order valence-corrected chi connectivity index (χ1v) is 14.6. The minimum atomic E-state index is -2.78. The lowest BCUT2D eigenvalue weighted by molar-refractivity contribution is -0.137. The van der Waals surface area contributed by atoms with E-state index in [0.29, 0.717) is 31.2 Å². The maximum atomic E-state index is 15.1. The zero-order valence-corrected chi connectivity index (χ0v) is 23.9. The summed E-state index contributed by atoms with van der Waals surface area (Å²) in [5, 5.41) is 8.36. The minimum Gasteiger partial charge on any atom is -0.376 e. The number of hydrogen-bond acceptors (Lipinski definition) is 7. The number of benzene rings is 1. The van der Waals surface area contributed by atoms with Crippen LogP contribution in [0.15, 0.2) is 24.5 Å². The summed E-state index contributed by atoms with van der Waals surface area (Å²) in [6.45, 7) is 8.34. The monoisotopic (exact) mass is 586 g/mol. The summed E-state index contributed by atoms with van der Waals surface area (Å²) in [5.74, 6) is -2.47. The minimum absolute atomic E-state index is 0.103. The standard InChI is InChI=1S/C29H34F4N8O/c1-16-13-39(17(2)12-38(16)25(19-10-29(32,33)11-19)22-9-20(30)6-7-23(22)31)26-24-27(41-15-34-37-28(41)36-26)40(18(3)35-24)14-21-5-4-8-42-21/h6-7,9,15-17,19,21,25H,4-5,8,10-14H2,1-3H3/t16-,17+,21?,25?/m1/s1. The van der Waals surface area contributed by atoms with Gasteiger partial charge in [0.2, 0.25) is 5.92 Å². The fourth-order valence-corrected chi connectivity index (χ4v) is 7.17. The molecule has 42 heavy (non-hydrogen) atoms. The summed E-state index contributed by atoms with van der Waals surface area (Å²) < 4.78 is 67.4. The van der Waals surface area contributed by atoms with Gasteiger partial charge in [-0.15, -0.1) is 10.2 Å². The van der Waals surface area contributed by atoms with Crippen LogP contribution in [0.2, 0.25) is 0 Å². The van der Waals surface area contributed by atoms with Crippen molar-refractivity contribution in [3.05, 3.63) is 47.5 Å². The molecule has 13 heteroatoms. The topological polar surface area (TPSA) is 76.6 Å². The van der Waals surface area contributed by atoms with Gasteiger partial charge >= 0.3 is 0 Å². The van der Waals surface area contributed by atoms with Crippen LogP contribution in [0.3, 0.4) is 0 Å². The molecule has 2 saturated heterocycles. The van der Waals surface area contributed by atoms with Crippen LogP contribution in [0.5, 0.6) is 0 Å². The molecule has 7 rings (SSSR count). The van der Waals surface area contributed by atoms with E-state index in [1.165, 1.54) is 0 Å². The van der Waals surface area contributed by atoms with Gasteiger partial charge < -0.3 is 14.2 Å². The molecule has 2 unspecified atom stereocenters. The fourth-order valence-electron chi connectivity index (χ4n) is 7.17. The van der Waals surface area contributed by atoms with Gasteiger partial charge in [-0.3, -0.25) is 4.90 Å². The Hall–Kier alpha value is -3.32. The van der Waals surface area contributed by atoms with E-state index in [-0.39, 0.29) is 36.6 Å². The normalized spacial score (nSPS) is 25.9. The largest absolute Gasteiger partial charge is 0.376 e. The Labute approximate surface area is 240 Å². The lowest BCUT2D eigenvalue weighted by Crippen LogP contribution is -2.59. The molecule has 0 bridgehead atoms. The molecule has 0 amide bonds. The molecule has 1 aromatic carbocycles. The van der Waals surface area contributed by atoms with Crippen LogP contribution in [-0.4, -0.2) is 77.8 Å². The number of piperazine rings is 1. The summed E-state index contributed by atoms with van der Waals surface area (Å²) in [6.07, 6.45) is 3.07. The Balaban J connectivity index is 1.25. The first-order valence-electron chi connectivity index (χ1n) is 14.6. The molecule has 4 aromatic rings. The molecule has 0 N–H and O–H groups in total. The zero-order valence-electron chi connectivity index (χ0n) is 23.9. The highest BCUT2D eigenvalue weighted by molar-refractivity contribution is 5.87. The molecule has 2 aliphatic heterocycles. The quantitative estimate of drug-likeness (QED) is 0.297. The molecule has 1 aliphatic carbocycles. The van der Waals surface area contributed by atoms with E-state index in [4.69, 9.17) is 14.7 Å². The van der Waals surface area contributed by atoms with Crippen LogP contribution in [-0.2, 0) is 11.3 Å². The van der Waals surface area contributed by atoms with E-state index < -0.39 is 29.5 Å². The van der Waals surface area contributed by atoms with Crippen LogP contribution >= 0.6 is 0 Å². The van der Waals surface area contributed by atoms with Gasteiger partial charge in [-0.05, 0) is 57.7 Å². The van der Waals surface area contributed by atoms with Gasteiger partial charge in [0.25, 0.3) is 5.78 Å². The van der Waals surface area contributed by atoms with E-state index in [9.17, 15) is 13.2 Å². The third-order valence-electron chi connectivity index (χ3n) is 9.23. The lowest BCUT2D eigenvalue weighted by Gasteiger charge is -2.52. The third kappa shape index (κ3) is 4.61. The van der Waals surface area contributed by atoms with Crippen molar-refractivity contribution in [2.45, 2.75) is 83.2 Å². The van der Waals surface area contributed by atoms with E-state index >= 15 is 4.39 Å². The number of ether oxygens (including phenoxy) is 1. The molecule has 3 aliphatic rings. The maximum absolute atomic E-state index is 15.1. The summed E-state index contributed by atoms with van der Waals surface area (Å²) in [5.41, 5.74) is 1.69. The van der Waals surface area contributed by atoms with Crippen LogP contribution < -0.4 is 4.90 Å². The van der Waals surface area contributed by atoms with Crippen LogP contribution in [0.1, 0.15) is 57.0 Å². The third-order valence-corrected chi connectivity index (χ3v) is 9.23. The number of aryl methyl sites for hydroxylation is 1. The number of hydrogen-bond donors (Lipinski definition) is 0. The Morgan fingerprint density at radius 1 is 1.10 bits per heavy atom. The van der Waals surface area contributed by atoms with Gasteiger partial charge in [0, 0.05) is 56.2 Å². The average molecular weight is 587 g/mol. The molecular weight excluding hydrogens is 552 g/mol. The Morgan fingerprint density at radius 2 is 1.90 bits per heavy atom. The van der Waals surface area contributed by atoms with Gasteiger partial charge in [-0.25, -0.2) is 26.9 Å². The highest BCUT2D eigenvalue weighted by atomic mass is 19.3. The van der Waals surface area contributed by atoms with Crippen molar-refractivity contribution >= 4 is 22.8 Å². The summed E-state index contributed by atoms with van der Waals surface area (Å²) in [7, 11) is 0. The number of imidazole rings is 1. The zero-order chi connectivity index (χ0) is 29.3. The average Bonchev–Trinajstić information content (AvgIpc) is 3.68. The van der Waals surface area contributed by atoms with Crippen molar-refractivity contribution in [1.29, 1.82) is 0 Å². The Kier molecular flexibility index (Phi) is 6.65. The molecule has 0 spiro atoms. The van der Waals surface area contributed by atoms with Crippen molar-refractivity contribution in [2.24, 2.45) is 5.92 Å². The molecule has 3 fully saturated rings.